The van der Waals surface area contributed by atoms with Crippen molar-refractivity contribution in [1.29, 1.82) is 0 Å². The van der Waals surface area contributed by atoms with Crippen molar-refractivity contribution in [2.75, 3.05) is 11.9 Å². The average molecular weight is 361 g/mol. The number of hydrogen-bond acceptors (Lipinski definition) is 2. The predicted molar refractivity (Wildman–Crippen MR) is 88.1 cm³/mol. The Kier molecular flexibility index (Phi) is 3.98. The number of para-hydroxylation sites is 1. The Labute approximate surface area is 136 Å². The molecule has 1 N–H and O–H groups in total. The molecule has 22 heavy (non-hydrogen) atoms. The monoisotopic (exact) mass is 360 g/mol. The lowest BCUT2D eigenvalue weighted by atomic mass is 10.0. The number of carbonyl (C=O) groups excluding carboxylic acids is 1. The molecule has 0 fully saturated rings. The molecule has 0 radical (unpaired) electrons. The first-order chi connectivity index (χ1) is 10.6. The first kappa shape index (κ1) is 14.8. The summed E-state index contributed by atoms with van der Waals surface area (Å²) in [7, 11) is 0. The van der Waals surface area contributed by atoms with Gasteiger partial charge in [0, 0.05) is 22.3 Å². The van der Waals surface area contributed by atoms with Gasteiger partial charge in [-0.15, -0.1) is 6.58 Å². The van der Waals surface area contributed by atoms with Crippen LogP contribution in [0.3, 0.4) is 0 Å². The minimum atomic E-state index is -0.562. The lowest BCUT2D eigenvalue weighted by Gasteiger charge is -2.37. The SMILES string of the molecule is C=CCN1C(=O)c2ccccc2NC1c1ccc(Br)cc1F. The van der Waals surface area contributed by atoms with Crippen molar-refractivity contribution in [3.63, 3.8) is 0 Å². The van der Waals surface area contributed by atoms with Gasteiger partial charge in [-0.2, -0.15) is 0 Å². The molecule has 0 aromatic heterocycles. The van der Waals surface area contributed by atoms with Crippen LogP contribution in [-0.2, 0) is 0 Å². The molecule has 0 saturated heterocycles. The van der Waals surface area contributed by atoms with Crippen LogP contribution in [0.5, 0.6) is 0 Å². The maximum atomic E-state index is 14.3. The number of nitrogens with zero attached hydrogens (tertiary/aromatic N) is 1. The molecular weight excluding hydrogens is 347 g/mol. The second-order valence-electron chi connectivity index (χ2n) is 5.00. The van der Waals surface area contributed by atoms with Crippen LogP contribution in [-0.4, -0.2) is 17.4 Å². The number of fused-ring (bicyclic) bond motifs is 1. The van der Waals surface area contributed by atoms with E-state index in [2.05, 4.69) is 27.8 Å². The summed E-state index contributed by atoms with van der Waals surface area (Å²) in [6.45, 7) is 4.02. The van der Waals surface area contributed by atoms with E-state index >= 15 is 0 Å². The Hall–Kier alpha value is -2.14. The summed E-state index contributed by atoms with van der Waals surface area (Å²) >= 11 is 3.25. The van der Waals surface area contributed by atoms with Crippen LogP contribution in [0.25, 0.3) is 0 Å². The summed E-state index contributed by atoms with van der Waals surface area (Å²) in [6.07, 6.45) is 1.07. The topological polar surface area (TPSA) is 32.3 Å². The third kappa shape index (κ3) is 2.52. The van der Waals surface area contributed by atoms with E-state index in [0.717, 1.165) is 0 Å². The zero-order chi connectivity index (χ0) is 15.7. The predicted octanol–water partition coefficient (Wildman–Crippen LogP) is 4.34. The summed E-state index contributed by atoms with van der Waals surface area (Å²) in [5.41, 5.74) is 1.71. The molecule has 1 aliphatic heterocycles. The van der Waals surface area contributed by atoms with Gasteiger partial charge in [0.15, 0.2) is 0 Å². The molecule has 2 aromatic carbocycles. The number of amides is 1. The first-order valence-electron chi connectivity index (χ1n) is 6.84. The molecule has 1 atom stereocenters. The second kappa shape index (κ2) is 5.93. The van der Waals surface area contributed by atoms with Gasteiger partial charge in [0.05, 0.1) is 5.56 Å². The van der Waals surface area contributed by atoms with Crippen LogP contribution in [0.2, 0.25) is 0 Å². The van der Waals surface area contributed by atoms with E-state index in [9.17, 15) is 9.18 Å². The fourth-order valence-corrected chi connectivity index (χ4v) is 2.92. The van der Waals surface area contributed by atoms with E-state index in [-0.39, 0.29) is 11.7 Å². The molecule has 1 heterocycles. The lowest BCUT2D eigenvalue weighted by molar-refractivity contribution is 0.0705. The number of anilines is 1. The van der Waals surface area contributed by atoms with Crippen molar-refractivity contribution in [3.8, 4) is 0 Å². The second-order valence-corrected chi connectivity index (χ2v) is 5.92. The van der Waals surface area contributed by atoms with Gasteiger partial charge in [-0.25, -0.2) is 4.39 Å². The number of hydrogen-bond donors (Lipinski definition) is 1. The smallest absolute Gasteiger partial charge is 0.258 e. The molecule has 1 aliphatic rings. The van der Waals surface area contributed by atoms with E-state index in [4.69, 9.17) is 0 Å². The summed E-state index contributed by atoms with van der Waals surface area (Å²) in [4.78, 5) is 14.2. The van der Waals surface area contributed by atoms with Gasteiger partial charge in [0.2, 0.25) is 0 Å². The minimum Gasteiger partial charge on any atom is -0.361 e. The Morgan fingerprint density at radius 3 is 2.82 bits per heavy atom. The summed E-state index contributed by atoms with van der Waals surface area (Å²) in [5.74, 6) is -0.505. The molecule has 0 aliphatic carbocycles. The Balaban J connectivity index is 2.09. The Morgan fingerprint density at radius 2 is 2.09 bits per heavy atom. The van der Waals surface area contributed by atoms with Gasteiger partial charge in [-0.3, -0.25) is 4.79 Å². The van der Waals surface area contributed by atoms with E-state index < -0.39 is 6.17 Å². The highest BCUT2D eigenvalue weighted by molar-refractivity contribution is 9.10. The molecule has 112 valence electrons. The number of rotatable bonds is 3. The largest absolute Gasteiger partial charge is 0.361 e. The van der Waals surface area contributed by atoms with Crippen molar-refractivity contribution in [2.24, 2.45) is 0 Å². The van der Waals surface area contributed by atoms with E-state index in [1.807, 2.05) is 18.2 Å². The maximum absolute atomic E-state index is 14.3. The van der Waals surface area contributed by atoms with Crippen LogP contribution < -0.4 is 5.32 Å². The quantitative estimate of drug-likeness (QED) is 0.825. The standard InChI is InChI=1S/C17H14BrFN2O/c1-2-9-21-16(12-8-7-11(18)10-14(12)19)20-15-6-4-3-5-13(15)17(21)22/h2-8,10,16,20H,1,9H2. The molecule has 3 rings (SSSR count). The van der Waals surface area contributed by atoms with Crippen molar-refractivity contribution >= 4 is 27.5 Å². The molecule has 0 saturated carbocycles. The molecule has 2 aromatic rings. The van der Waals surface area contributed by atoms with Crippen molar-refractivity contribution < 1.29 is 9.18 Å². The van der Waals surface area contributed by atoms with Crippen molar-refractivity contribution in [3.05, 3.63) is 76.5 Å². The van der Waals surface area contributed by atoms with Crippen LogP contribution in [0.1, 0.15) is 22.1 Å². The molecule has 1 amide bonds. The van der Waals surface area contributed by atoms with E-state index in [1.165, 1.54) is 6.07 Å². The van der Waals surface area contributed by atoms with Crippen LogP contribution in [0, 0.1) is 5.82 Å². The fraction of sp³-hybridized carbons (Fsp3) is 0.118. The number of halogens is 2. The first-order valence-corrected chi connectivity index (χ1v) is 7.63. The van der Waals surface area contributed by atoms with Crippen LogP contribution in [0.4, 0.5) is 10.1 Å². The summed E-state index contributed by atoms with van der Waals surface area (Å²) < 4.78 is 15.0. The molecular formula is C17H14BrFN2O. The molecule has 0 bridgehead atoms. The molecule has 0 spiro atoms. The van der Waals surface area contributed by atoms with Gasteiger partial charge in [0.25, 0.3) is 5.91 Å². The summed E-state index contributed by atoms with van der Waals surface area (Å²) in [5, 5.41) is 3.24. The average Bonchev–Trinajstić information content (AvgIpc) is 2.50. The number of benzene rings is 2. The Bertz CT molecular complexity index is 747. The third-order valence-corrected chi connectivity index (χ3v) is 4.10. The van der Waals surface area contributed by atoms with Gasteiger partial charge in [0.1, 0.15) is 12.0 Å². The maximum Gasteiger partial charge on any atom is 0.258 e. The van der Waals surface area contributed by atoms with Gasteiger partial charge in [-0.1, -0.05) is 40.2 Å². The van der Waals surface area contributed by atoms with Crippen LogP contribution in [0.15, 0.2) is 59.6 Å². The summed E-state index contributed by atoms with van der Waals surface area (Å²) in [6, 6.07) is 12.1. The number of nitrogens with one attached hydrogen (secondary N) is 1. The fourth-order valence-electron chi connectivity index (χ4n) is 2.59. The normalized spacial score (nSPS) is 16.9. The molecule has 3 nitrogen and oxygen atoms in total. The third-order valence-electron chi connectivity index (χ3n) is 3.61. The molecule has 1 unspecified atom stereocenters. The number of carbonyl (C=O) groups is 1. The van der Waals surface area contributed by atoms with Gasteiger partial charge < -0.3 is 10.2 Å². The molecule has 5 heteroatoms. The van der Waals surface area contributed by atoms with Crippen molar-refractivity contribution in [1.82, 2.24) is 4.90 Å². The van der Waals surface area contributed by atoms with Crippen LogP contribution >= 0.6 is 15.9 Å². The zero-order valence-electron chi connectivity index (χ0n) is 11.7. The van der Waals surface area contributed by atoms with Crippen molar-refractivity contribution in [2.45, 2.75) is 6.17 Å². The van der Waals surface area contributed by atoms with Gasteiger partial charge in [-0.05, 0) is 24.3 Å². The van der Waals surface area contributed by atoms with E-state index in [1.54, 1.807) is 29.2 Å². The lowest BCUT2D eigenvalue weighted by Crippen LogP contribution is -2.43. The van der Waals surface area contributed by atoms with Gasteiger partial charge >= 0.3 is 0 Å². The highest BCUT2D eigenvalue weighted by atomic mass is 79.9. The highest BCUT2D eigenvalue weighted by Gasteiger charge is 2.33. The Morgan fingerprint density at radius 1 is 1.32 bits per heavy atom. The highest BCUT2D eigenvalue weighted by Crippen LogP contribution is 2.34. The van der Waals surface area contributed by atoms with E-state index in [0.29, 0.717) is 27.8 Å². The minimum absolute atomic E-state index is 0.137. The zero-order valence-corrected chi connectivity index (χ0v) is 13.3.